The summed E-state index contributed by atoms with van der Waals surface area (Å²) in [6.45, 7) is 4.68. The van der Waals surface area contributed by atoms with Gasteiger partial charge in [0.05, 0.1) is 6.61 Å². The van der Waals surface area contributed by atoms with Gasteiger partial charge in [-0.2, -0.15) is 0 Å². The lowest BCUT2D eigenvalue weighted by molar-refractivity contribution is 0.00386. The standard InChI is InChI=1S/C11H14BrNO3/c1-3-15-7-8(2)16-11(14)9-5-4-6-10(12)13-9/h4-6,8H,3,7H2,1-2H3. The minimum absolute atomic E-state index is 0.270. The van der Waals surface area contributed by atoms with Gasteiger partial charge in [-0.25, -0.2) is 9.78 Å². The normalized spacial score (nSPS) is 12.2. The average molecular weight is 288 g/mol. The summed E-state index contributed by atoms with van der Waals surface area (Å²) in [5.41, 5.74) is 0.290. The van der Waals surface area contributed by atoms with Crippen LogP contribution in [0.5, 0.6) is 0 Å². The minimum atomic E-state index is -0.437. The molecule has 0 N–H and O–H groups in total. The van der Waals surface area contributed by atoms with E-state index < -0.39 is 5.97 Å². The van der Waals surface area contributed by atoms with Crippen LogP contribution in [0.15, 0.2) is 22.8 Å². The van der Waals surface area contributed by atoms with Crippen LogP contribution in [0.25, 0.3) is 0 Å². The van der Waals surface area contributed by atoms with E-state index in [4.69, 9.17) is 9.47 Å². The van der Waals surface area contributed by atoms with Gasteiger partial charge in [-0.15, -0.1) is 0 Å². The average Bonchev–Trinajstić information content (AvgIpc) is 2.26. The molecule has 4 nitrogen and oxygen atoms in total. The second kappa shape index (κ2) is 6.60. The van der Waals surface area contributed by atoms with Crippen LogP contribution in [0.2, 0.25) is 0 Å². The molecule has 0 saturated heterocycles. The number of rotatable bonds is 5. The quantitative estimate of drug-likeness (QED) is 0.616. The van der Waals surface area contributed by atoms with E-state index in [0.717, 1.165) is 0 Å². The van der Waals surface area contributed by atoms with Crippen LogP contribution in [-0.2, 0) is 9.47 Å². The molecule has 1 unspecified atom stereocenters. The number of hydrogen-bond donors (Lipinski definition) is 0. The fourth-order valence-corrected chi connectivity index (χ4v) is 1.43. The summed E-state index contributed by atoms with van der Waals surface area (Å²) < 4.78 is 10.9. The van der Waals surface area contributed by atoms with Crippen LogP contribution in [0.1, 0.15) is 24.3 Å². The molecule has 0 spiro atoms. The van der Waals surface area contributed by atoms with Gasteiger partial charge in [-0.05, 0) is 41.9 Å². The molecule has 0 fully saturated rings. The van der Waals surface area contributed by atoms with Gasteiger partial charge in [0.15, 0.2) is 0 Å². The third-order valence-corrected chi connectivity index (χ3v) is 2.23. The summed E-state index contributed by atoms with van der Waals surface area (Å²) in [5.74, 6) is -0.437. The van der Waals surface area contributed by atoms with Crippen molar-refractivity contribution in [1.29, 1.82) is 0 Å². The second-order valence-corrected chi connectivity index (χ2v) is 4.03. The van der Waals surface area contributed by atoms with E-state index in [-0.39, 0.29) is 11.8 Å². The van der Waals surface area contributed by atoms with Crippen LogP contribution in [0.3, 0.4) is 0 Å². The van der Waals surface area contributed by atoms with Crippen LogP contribution < -0.4 is 0 Å². The van der Waals surface area contributed by atoms with Crippen molar-refractivity contribution < 1.29 is 14.3 Å². The van der Waals surface area contributed by atoms with Crippen LogP contribution in [0, 0.1) is 0 Å². The molecule has 0 aliphatic heterocycles. The molecule has 0 bridgehead atoms. The number of hydrogen-bond acceptors (Lipinski definition) is 4. The number of aromatic nitrogens is 1. The Bertz CT molecular complexity index is 357. The van der Waals surface area contributed by atoms with Crippen molar-refractivity contribution in [3.8, 4) is 0 Å². The molecule has 0 aliphatic carbocycles. The van der Waals surface area contributed by atoms with Gasteiger partial charge in [0.25, 0.3) is 0 Å². The zero-order valence-electron chi connectivity index (χ0n) is 9.27. The van der Waals surface area contributed by atoms with Crippen molar-refractivity contribution in [2.45, 2.75) is 20.0 Å². The predicted octanol–water partition coefficient (Wildman–Crippen LogP) is 2.43. The predicted molar refractivity (Wildman–Crippen MR) is 63.3 cm³/mol. The van der Waals surface area contributed by atoms with E-state index in [0.29, 0.717) is 17.8 Å². The first-order valence-corrected chi connectivity index (χ1v) is 5.84. The highest BCUT2D eigenvalue weighted by atomic mass is 79.9. The molecule has 1 atom stereocenters. The molecule has 1 aromatic rings. The summed E-state index contributed by atoms with van der Waals surface area (Å²) in [4.78, 5) is 15.6. The van der Waals surface area contributed by atoms with E-state index in [1.165, 1.54) is 0 Å². The molecule has 88 valence electrons. The zero-order valence-corrected chi connectivity index (χ0v) is 10.9. The first kappa shape index (κ1) is 13.1. The van der Waals surface area contributed by atoms with Crippen LogP contribution in [-0.4, -0.2) is 30.3 Å². The van der Waals surface area contributed by atoms with Crippen LogP contribution >= 0.6 is 15.9 Å². The van der Waals surface area contributed by atoms with Gasteiger partial charge < -0.3 is 9.47 Å². The molecule has 1 aromatic heterocycles. The van der Waals surface area contributed by atoms with Crippen LogP contribution in [0.4, 0.5) is 0 Å². The monoisotopic (exact) mass is 287 g/mol. The minimum Gasteiger partial charge on any atom is -0.455 e. The smallest absolute Gasteiger partial charge is 0.357 e. The van der Waals surface area contributed by atoms with Crippen molar-refractivity contribution in [2.24, 2.45) is 0 Å². The van der Waals surface area contributed by atoms with Gasteiger partial charge in [-0.1, -0.05) is 6.07 Å². The van der Waals surface area contributed by atoms with Gasteiger partial charge in [0, 0.05) is 6.61 Å². The molecule has 1 rings (SSSR count). The Morgan fingerprint density at radius 2 is 2.31 bits per heavy atom. The number of carbonyl (C=O) groups is 1. The SMILES string of the molecule is CCOCC(C)OC(=O)c1cccc(Br)n1. The van der Waals surface area contributed by atoms with E-state index >= 15 is 0 Å². The molecule has 0 saturated carbocycles. The van der Waals surface area contributed by atoms with Crippen molar-refractivity contribution in [3.05, 3.63) is 28.5 Å². The molecule has 16 heavy (non-hydrogen) atoms. The summed E-state index contributed by atoms with van der Waals surface area (Å²) in [6.07, 6.45) is -0.270. The van der Waals surface area contributed by atoms with E-state index in [1.54, 1.807) is 25.1 Å². The number of nitrogens with zero attached hydrogens (tertiary/aromatic N) is 1. The second-order valence-electron chi connectivity index (χ2n) is 3.22. The maximum atomic E-state index is 11.6. The van der Waals surface area contributed by atoms with E-state index in [1.807, 2.05) is 6.92 Å². The first-order valence-electron chi connectivity index (χ1n) is 5.04. The third kappa shape index (κ3) is 4.28. The van der Waals surface area contributed by atoms with E-state index in [9.17, 15) is 4.79 Å². The Morgan fingerprint density at radius 3 is 2.94 bits per heavy atom. The molecule has 0 radical (unpaired) electrons. The lowest BCUT2D eigenvalue weighted by Gasteiger charge is -2.12. The van der Waals surface area contributed by atoms with Crippen molar-refractivity contribution in [2.75, 3.05) is 13.2 Å². The first-order chi connectivity index (χ1) is 7.63. The van der Waals surface area contributed by atoms with Crippen molar-refractivity contribution in [1.82, 2.24) is 4.98 Å². The highest BCUT2D eigenvalue weighted by Crippen LogP contribution is 2.08. The van der Waals surface area contributed by atoms with Crippen molar-refractivity contribution >= 4 is 21.9 Å². The zero-order chi connectivity index (χ0) is 12.0. The maximum Gasteiger partial charge on any atom is 0.357 e. The Balaban J connectivity index is 2.52. The van der Waals surface area contributed by atoms with E-state index in [2.05, 4.69) is 20.9 Å². The largest absolute Gasteiger partial charge is 0.455 e. The Hall–Kier alpha value is -0.940. The Morgan fingerprint density at radius 1 is 1.56 bits per heavy atom. The Labute approximate surface area is 103 Å². The molecule has 0 aromatic carbocycles. The lowest BCUT2D eigenvalue weighted by atomic mass is 10.3. The van der Waals surface area contributed by atoms with Gasteiger partial charge in [-0.3, -0.25) is 0 Å². The fraction of sp³-hybridized carbons (Fsp3) is 0.455. The highest BCUT2D eigenvalue weighted by molar-refractivity contribution is 9.10. The third-order valence-electron chi connectivity index (χ3n) is 1.79. The van der Waals surface area contributed by atoms with Crippen molar-refractivity contribution in [3.63, 3.8) is 0 Å². The van der Waals surface area contributed by atoms with Gasteiger partial charge in [0.1, 0.15) is 16.4 Å². The molecule has 1 heterocycles. The Kier molecular flexibility index (Phi) is 5.42. The van der Waals surface area contributed by atoms with Gasteiger partial charge in [0.2, 0.25) is 0 Å². The number of halogens is 1. The topological polar surface area (TPSA) is 48.4 Å². The molecular weight excluding hydrogens is 274 g/mol. The summed E-state index contributed by atoms with van der Waals surface area (Å²) in [7, 11) is 0. The number of ether oxygens (including phenoxy) is 2. The fourth-order valence-electron chi connectivity index (χ4n) is 1.08. The lowest BCUT2D eigenvalue weighted by Crippen LogP contribution is -2.21. The molecular formula is C11H14BrNO3. The summed E-state index contributed by atoms with van der Waals surface area (Å²) in [5, 5.41) is 0. The highest BCUT2D eigenvalue weighted by Gasteiger charge is 2.13. The maximum absolute atomic E-state index is 11.6. The number of carbonyl (C=O) groups excluding carboxylic acids is 1. The summed E-state index contributed by atoms with van der Waals surface area (Å²) in [6, 6.07) is 5.10. The molecule has 0 amide bonds. The molecule has 0 aliphatic rings. The van der Waals surface area contributed by atoms with Gasteiger partial charge >= 0.3 is 5.97 Å². The number of esters is 1. The summed E-state index contributed by atoms with van der Waals surface area (Å²) >= 11 is 3.20. The molecule has 5 heteroatoms. The number of pyridine rings is 1.